The lowest BCUT2D eigenvalue weighted by molar-refractivity contribution is 0.917. The average Bonchev–Trinajstić information content (AvgIpc) is 2.66. The van der Waals surface area contributed by atoms with Crippen molar-refractivity contribution in [3.05, 3.63) is 27.0 Å². The summed E-state index contributed by atoms with van der Waals surface area (Å²) in [7, 11) is 0. The van der Waals surface area contributed by atoms with Crippen molar-refractivity contribution in [2.75, 3.05) is 0 Å². The smallest absolute Gasteiger partial charge is 0.200 e. The fraction of sp³-hybridized carbons (Fsp3) is 0.125. The van der Waals surface area contributed by atoms with Crippen LogP contribution in [0.5, 0.6) is 0 Å². The van der Waals surface area contributed by atoms with E-state index in [0.717, 1.165) is 8.95 Å². The van der Waals surface area contributed by atoms with E-state index < -0.39 is 0 Å². The van der Waals surface area contributed by atoms with Gasteiger partial charge in [-0.2, -0.15) is 5.10 Å². The Balaban J connectivity index is 2.44. The number of aromatic amines is 1. The largest absolute Gasteiger partial charge is 0.324 e. The molecule has 0 aliphatic carbocycles. The normalized spacial score (nSPS) is 10.6. The lowest BCUT2D eigenvalue weighted by atomic mass is 10.3. The molecule has 3 N–H and O–H groups in total. The highest BCUT2D eigenvalue weighted by Crippen LogP contribution is 2.25. The molecule has 0 saturated carbocycles. The Bertz CT molecular complexity index is 482. The van der Waals surface area contributed by atoms with E-state index >= 15 is 0 Å². The van der Waals surface area contributed by atoms with Crippen LogP contribution in [0.15, 0.2) is 21.2 Å². The Morgan fingerprint density at radius 2 is 2.20 bits per heavy atom. The zero-order valence-corrected chi connectivity index (χ0v) is 10.7. The molecule has 0 fully saturated rings. The van der Waals surface area contributed by atoms with Crippen LogP contribution in [0.4, 0.5) is 0 Å². The molecular weight excluding hydrogens is 326 g/mol. The molecule has 0 bridgehead atoms. The topological polar surface area (TPSA) is 80.5 Å². The number of hydrogen-bond donors (Lipinski definition) is 2. The number of nitrogens with two attached hydrogens (primary N) is 1. The molecule has 0 amide bonds. The first-order valence-corrected chi connectivity index (χ1v) is 5.72. The third kappa shape index (κ3) is 2.24. The average molecular weight is 333 g/mol. The second-order valence-corrected chi connectivity index (χ2v) is 4.56. The predicted molar refractivity (Wildman–Crippen MR) is 62.9 cm³/mol. The van der Waals surface area contributed by atoms with Gasteiger partial charge in [0, 0.05) is 15.1 Å². The van der Waals surface area contributed by atoms with Crippen molar-refractivity contribution in [3.8, 4) is 11.5 Å². The highest BCUT2D eigenvalue weighted by atomic mass is 79.9. The van der Waals surface area contributed by atoms with E-state index in [9.17, 15) is 0 Å². The van der Waals surface area contributed by atoms with E-state index in [2.05, 4.69) is 52.0 Å². The van der Waals surface area contributed by atoms with Gasteiger partial charge in [-0.15, -0.1) is 0 Å². The van der Waals surface area contributed by atoms with Crippen LogP contribution in [0.2, 0.25) is 0 Å². The fourth-order valence-electron chi connectivity index (χ4n) is 1.07. The third-order valence-corrected chi connectivity index (χ3v) is 2.78. The van der Waals surface area contributed by atoms with Crippen molar-refractivity contribution < 1.29 is 0 Å². The molecule has 7 heteroatoms. The van der Waals surface area contributed by atoms with Gasteiger partial charge >= 0.3 is 0 Å². The maximum Gasteiger partial charge on any atom is 0.200 e. The minimum Gasteiger partial charge on any atom is -0.324 e. The Labute approximate surface area is 103 Å². The molecule has 2 heterocycles. The van der Waals surface area contributed by atoms with E-state index in [0.29, 0.717) is 23.9 Å². The van der Waals surface area contributed by atoms with Gasteiger partial charge in [-0.1, -0.05) is 0 Å². The Morgan fingerprint density at radius 1 is 1.40 bits per heavy atom. The van der Waals surface area contributed by atoms with Crippen LogP contribution >= 0.6 is 31.9 Å². The molecule has 2 rings (SSSR count). The monoisotopic (exact) mass is 331 g/mol. The van der Waals surface area contributed by atoms with E-state index in [1.165, 1.54) is 0 Å². The Morgan fingerprint density at radius 3 is 2.80 bits per heavy atom. The molecule has 2 aromatic rings. The summed E-state index contributed by atoms with van der Waals surface area (Å²) in [5, 5.41) is 6.76. The van der Waals surface area contributed by atoms with Crippen molar-refractivity contribution in [2.45, 2.75) is 6.54 Å². The molecule has 0 radical (unpaired) electrons. The molecule has 0 atom stereocenters. The van der Waals surface area contributed by atoms with Crippen LogP contribution in [0.3, 0.4) is 0 Å². The first-order valence-electron chi connectivity index (χ1n) is 4.13. The van der Waals surface area contributed by atoms with Gasteiger partial charge in [0.05, 0.1) is 6.54 Å². The fourth-order valence-corrected chi connectivity index (χ4v) is 2.24. The minimum absolute atomic E-state index is 0.334. The molecule has 0 spiro atoms. The summed E-state index contributed by atoms with van der Waals surface area (Å²) in [6, 6.07) is 1.89. The van der Waals surface area contributed by atoms with Gasteiger partial charge in [0.15, 0.2) is 0 Å². The first kappa shape index (κ1) is 10.7. The summed E-state index contributed by atoms with van der Waals surface area (Å²) >= 11 is 6.72. The van der Waals surface area contributed by atoms with Crippen molar-refractivity contribution in [3.63, 3.8) is 0 Å². The minimum atomic E-state index is 0.334. The van der Waals surface area contributed by atoms with Gasteiger partial charge in [0.25, 0.3) is 0 Å². The summed E-state index contributed by atoms with van der Waals surface area (Å²) in [6.45, 7) is 0.334. The first-order chi connectivity index (χ1) is 7.20. The highest BCUT2D eigenvalue weighted by Gasteiger charge is 2.10. The number of rotatable bonds is 2. The van der Waals surface area contributed by atoms with Gasteiger partial charge in [0.2, 0.25) is 5.82 Å². The van der Waals surface area contributed by atoms with Crippen LogP contribution in [0, 0.1) is 0 Å². The second-order valence-electron chi connectivity index (χ2n) is 2.79. The summed E-state index contributed by atoms with van der Waals surface area (Å²) in [6.07, 6.45) is 1.69. The summed E-state index contributed by atoms with van der Waals surface area (Å²) in [4.78, 5) is 8.41. The number of hydrogen-bond acceptors (Lipinski definition) is 4. The van der Waals surface area contributed by atoms with Gasteiger partial charge in [-0.25, -0.2) is 4.98 Å². The summed E-state index contributed by atoms with van der Waals surface area (Å²) < 4.78 is 1.73. The predicted octanol–water partition coefficient (Wildman–Crippen LogP) is 1.85. The molecule has 78 valence electrons. The maximum atomic E-state index is 5.43. The molecular formula is C8H7Br2N5. The molecule has 0 aliphatic rings. The van der Waals surface area contributed by atoms with Crippen molar-refractivity contribution in [1.82, 2.24) is 20.2 Å². The number of halogens is 2. The molecule has 5 nitrogen and oxygen atoms in total. The second kappa shape index (κ2) is 4.38. The molecule has 0 aliphatic heterocycles. The number of aromatic nitrogens is 4. The zero-order chi connectivity index (χ0) is 10.8. The van der Waals surface area contributed by atoms with Gasteiger partial charge in [-0.3, -0.25) is 10.1 Å². The Hall–Kier alpha value is -0.790. The van der Waals surface area contributed by atoms with E-state index in [1.807, 2.05) is 6.07 Å². The van der Waals surface area contributed by atoms with E-state index in [-0.39, 0.29) is 0 Å². The van der Waals surface area contributed by atoms with Crippen molar-refractivity contribution >= 4 is 31.9 Å². The maximum absolute atomic E-state index is 5.43. The number of nitrogens with zero attached hydrogens (tertiary/aromatic N) is 3. The SMILES string of the molecule is NCc1nc(-c2ncc(Br)cc2Br)n[nH]1. The van der Waals surface area contributed by atoms with Crippen LogP contribution in [0.1, 0.15) is 5.82 Å². The van der Waals surface area contributed by atoms with Crippen LogP contribution < -0.4 is 5.73 Å². The van der Waals surface area contributed by atoms with Crippen molar-refractivity contribution in [1.29, 1.82) is 0 Å². The Kier molecular flexibility index (Phi) is 3.13. The molecule has 0 unspecified atom stereocenters. The lowest BCUT2D eigenvalue weighted by Crippen LogP contribution is -1.98. The summed E-state index contributed by atoms with van der Waals surface area (Å²) in [5.41, 5.74) is 6.12. The number of nitrogens with one attached hydrogen (secondary N) is 1. The molecule has 0 aromatic carbocycles. The molecule has 2 aromatic heterocycles. The molecule has 0 saturated heterocycles. The quantitative estimate of drug-likeness (QED) is 0.879. The third-order valence-electron chi connectivity index (χ3n) is 1.74. The van der Waals surface area contributed by atoms with Crippen LogP contribution in [0.25, 0.3) is 11.5 Å². The van der Waals surface area contributed by atoms with Gasteiger partial charge < -0.3 is 5.73 Å². The number of H-pyrrole nitrogens is 1. The van der Waals surface area contributed by atoms with E-state index in [4.69, 9.17) is 5.73 Å². The standard InChI is InChI=1S/C8H7Br2N5/c9-4-1-5(10)7(12-3-4)8-13-6(2-11)14-15-8/h1,3H,2,11H2,(H,13,14,15). The highest BCUT2D eigenvalue weighted by molar-refractivity contribution is 9.11. The summed E-state index contributed by atoms with van der Waals surface area (Å²) in [5.74, 6) is 1.18. The van der Waals surface area contributed by atoms with Crippen molar-refractivity contribution in [2.24, 2.45) is 5.73 Å². The van der Waals surface area contributed by atoms with Gasteiger partial charge in [0.1, 0.15) is 11.5 Å². The van der Waals surface area contributed by atoms with Crippen LogP contribution in [-0.2, 0) is 6.54 Å². The number of pyridine rings is 1. The van der Waals surface area contributed by atoms with Gasteiger partial charge in [-0.05, 0) is 37.9 Å². The lowest BCUT2D eigenvalue weighted by Gasteiger charge is -1.98. The zero-order valence-electron chi connectivity index (χ0n) is 7.54. The van der Waals surface area contributed by atoms with E-state index in [1.54, 1.807) is 6.20 Å². The van der Waals surface area contributed by atoms with Crippen LogP contribution in [-0.4, -0.2) is 20.2 Å². The molecule has 15 heavy (non-hydrogen) atoms.